The van der Waals surface area contributed by atoms with Crippen molar-refractivity contribution in [3.63, 3.8) is 0 Å². The standard InChI is InChI=1S/C37H25F3N4O/c38-37(39,40)30-16-14-27(15-17-30)31(6-3-9-36(45)44-35-8-2-5-29-24-42-21-19-33(29)35)26-12-10-25(11-13-26)22-43-34-7-1-4-28-23-41-20-18-32(28)34/h1-24H,(H,44,45). The molecule has 1 N–H and O–H groups in total. The second-order valence-corrected chi connectivity index (χ2v) is 10.2. The zero-order chi connectivity index (χ0) is 31.2. The number of nitrogens with one attached hydrogen (secondary N) is 1. The van der Waals surface area contributed by atoms with Crippen LogP contribution in [0.3, 0.4) is 0 Å². The molecule has 2 aromatic heterocycles. The van der Waals surface area contributed by atoms with Crippen LogP contribution in [0.1, 0.15) is 22.3 Å². The lowest BCUT2D eigenvalue weighted by Gasteiger charge is -2.11. The van der Waals surface area contributed by atoms with Gasteiger partial charge < -0.3 is 5.32 Å². The van der Waals surface area contributed by atoms with Crippen LogP contribution in [0.15, 0.2) is 145 Å². The summed E-state index contributed by atoms with van der Waals surface area (Å²) in [5.74, 6) is -0.349. The predicted molar refractivity (Wildman–Crippen MR) is 173 cm³/mol. The zero-order valence-corrected chi connectivity index (χ0v) is 23.7. The number of hydrogen-bond acceptors (Lipinski definition) is 4. The fourth-order valence-electron chi connectivity index (χ4n) is 4.95. The van der Waals surface area contributed by atoms with E-state index in [1.165, 1.54) is 18.2 Å². The van der Waals surface area contributed by atoms with Gasteiger partial charge >= 0.3 is 6.18 Å². The maximum absolute atomic E-state index is 13.2. The highest BCUT2D eigenvalue weighted by atomic mass is 19.4. The van der Waals surface area contributed by atoms with Gasteiger partial charge in [0.15, 0.2) is 0 Å². The van der Waals surface area contributed by atoms with Crippen molar-refractivity contribution in [2.45, 2.75) is 6.18 Å². The number of allylic oxidation sites excluding steroid dienone is 2. The van der Waals surface area contributed by atoms with Gasteiger partial charge in [-0.1, -0.05) is 72.8 Å². The third-order valence-corrected chi connectivity index (χ3v) is 7.20. The Kier molecular flexibility index (Phi) is 8.28. The van der Waals surface area contributed by atoms with Crippen molar-refractivity contribution >= 4 is 50.6 Å². The number of carbonyl (C=O) groups is 1. The summed E-state index contributed by atoms with van der Waals surface area (Å²) in [5, 5.41) is 6.61. The minimum Gasteiger partial charge on any atom is -0.322 e. The molecule has 0 fully saturated rings. The molecular formula is C37H25F3N4O. The van der Waals surface area contributed by atoms with Crippen LogP contribution in [0.5, 0.6) is 0 Å². The van der Waals surface area contributed by atoms with Crippen LogP contribution in [-0.2, 0) is 11.0 Å². The first kappa shape index (κ1) is 29.2. The number of pyridine rings is 2. The second kappa shape index (κ2) is 12.8. The molecule has 0 unspecified atom stereocenters. The molecule has 6 rings (SSSR count). The van der Waals surface area contributed by atoms with Crippen molar-refractivity contribution in [1.82, 2.24) is 9.97 Å². The Morgan fingerprint density at radius 1 is 0.733 bits per heavy atom. The number of nitrogens with zero attached hydrogens (tertiary/aromatic N) is 3. The Balaban J connectivity index is 1.27. The predicted octanol–water partition coefficient (Wildman–Crippen LogP) is 9.18. The summed E-state index contributed by atoms with van der Waals surface area (Å²) in [4.78, 5) is 25.7. The molecule has 0 aliphatic carbocycles. The largest absolute Gasteiger partial charge is 0.416 e. The number of aromatic nitrogens is 2. The Hall–Kier alpha value is -5.89. The summed E-state index contributed by atoms with van der Waals surface area (Å²) in [5.41, 5.74) is 3.55. The molecule has 0 aliphatic rings. The van der Waals surface area contributed by atoms with Gasteiger partial charge in [0.05, 0.1) is 11.3 Å². The maximum Gasteiger partial charge on any atom is 0.416 e. The molecule has 45 heavy (non-hydrogen) atoms. The first-order chi connectivity index (χ1) is 21.8. The van der Waals surface area contributed by atoms with Gasteiger partial charge in [-0.3, -0.25) is 19.8 Å². The van der Waals surface area contributed by atoms with Crippen LogP contribution < -0.4 is 5.32 Å². The Labute approximate surface area is 257 Å². The van der Waals surface area contributed by atoms with E-state index in [0.717, 1.165) is 50.5 Å². The number of carbonyl (C=O) groups excluding carboxylic acids is 1. The molecule has 0 atom stereocenters. The van der Waals surface area contributed by atoms with E-state index in [0.29, 0.717) is 16.8 Å². The fraction of sp³-hybridized carbons (Fsp3) is 0.0270. The molecule has 0 aliphatic heterocycles. The third kappa shape index (κ3) is 6.86. The number of hydrogen-bond donors (Lipinski definition) is 1. The molecule has 1 amide bonds. The SMILES string of the molecule is O=C(C=CC=C(c1ccc(C=Nc2cccc3cnccc23)cc1)c1ccc(C(F)(F)F)cc1)Nc1cccc2cnccc12. The normalized spacial score (nSPS) is 12.4. The quantitative estimate of drug-likeness (QED) is 0.113. The molecule has 4 aromatic carbocycles. The lowest BCUT2D eigenvalue weighted by Crippen LogP contribution is -2.08. The van der Waals surface area contributed by atoms with E-state index in [2.05, 4.69) is 20.3 Å². The van der Waals surface area contributed by atoms with Gasteiger partial charge in [-0.2, -0.15) is 13.2 Å². The molecule has 0 bridgehead atoms. The topological polar surface area (TPSA) is 67.2 Å². The summed E-state index contributed by atoms with van der Waals surface area (Å²) in [7, 11) is 0. The summed E-state index contributed by atoms with van der Waals surface area (Å²) >= 11 is 0. The molecular weight excluding hydrogens is 573 g/mol. The number of anilines is 1. The Morgan fingerprint density at radius 3 is 2.04 bits per heavy atom. The lowest BCUT2D eigenvalue weighted by molar-refractivity contribution is -0.137. The highest BCUT2D eigenvalue weighted by molar-refractivity contribution is 6.06. The van der Waals surface area contributed by atoms with Crippen molar-refractivity contribution in [1.29, 1.82) is 0 Å². The summed E-state index contributed by atoms with van der Waals surface area (Å²) in [6.45, 7) is 0. The van der Waals surface area contributed by atoms with E-state index in [4.69, 9.17) is 0 Å². The number of rotatable bonds is 7. The van der Waals surface area contributed by atoms with E-state index < -0.39 is 11.7 Å². The van der Waals surface area contributed by atoms with E-state index in [1.807, 2.05) is 66.7 Å². The maximum atomic E-state index is 13.2. The number of alkyl halides is 3. The van der Waals surface area contributed by atoms with Crippen LogP contribution in [0, 0.1) is 0 Å². The second-order valence-electron chi connectivity index (χ2n) is 10.2. The van der Waals surface area contributed by atoms with Crippen LogP contribution in [0.25, 0.3) is 27.1 Å². The zero-order valence-electron chi connectivity index (χ0n) is 23.7. The van der Waals surface area contributed by atoms with Crippen LogP contribution >= 0.6 is 0 Å². The monoisotopic (exact) mass is 598 g/mol. The van der Waals surface area contributed by atoms with Crippen LogP contribution in [-0.4, -0.2) is 22.1 Å². The van der Waals surface area contributed by atoms with Crippen molar-refractivity contribution < 1.29 is 18.0 Å². The van der Waals surface area contributed by atoms with Gasteiger partial charge in [-0.05, 0) is 58.7 Å². The van der Waals surface area contributed by atoms with Crippen molar-refractivity contribution in [2.24, 2.45) is 4.99 Å². The van der Waals surface area contributed by atoms with Gasteiger partial charge in [0.2, 0.25) is 5.91 Å². The summed E-state index contributed by atoms with van der Waals surface area (Å²) < 4.78 is 39.7. The van der Waals surface area contributed by atoms with Crippen LogP contribution in [0.4, 0.5) is 24.5 Å². The number of aliphatic imine (C=N–C) groups is 1. The van der Waals surface area contributed by atoms with Crippen molar-refractivity contribution in [3.05, 3.63) is 162 Å². The number of halogens is 3. The Morgan fingerprint density at radius 2 is 1.36 bits per heavy atom. The molecule has 0 radical (unpaired) electrons. The lowest BCUT2D eigenvalue weighted by atomic mass is 9.95. The van der Waals surface area contributed by atoms with E-state index >= 15 is 0 Å². The minimum atomic E-state index is -4.44. The first-order valence-corrected chi connectivity index (χ1v) is 14.0. The molecule has 2 heterocycles. The van der Waals surface area contributed by atoms with Gasteiger partial charge in [0, 0.05) is 64.3 Å². The van der Waals surface area contributed by atoms with Gasteiger partial charge in [-0.25, -0.2) is 0 Å². The molecule has 0 spiro atoms. The van der Waals surface area contributed by atoms with E-state index in [9.17, 15) is 18.0 Å². The molecule has 8 heteroatoms. The number of fused-ring (bicyclic) bond motifs is 2. The Bertz CT molecular complexity index is 2070. The number of benzene rings is 4. The van der Waals surface area contributed by atoms with Crippen LogP contribution in [0.2, 0.25) is 0 Å². The smallest absolute Gasteiger partial charge is 0.322 e. The molecule has 6 aromatic rings. The van der Waals surface area contributed by atoms with Gasteiger partial charge in [-0.15, -0.1) is 0 Å². The van der Waals surface area contributed by atoms with E-state index in [-0.39, 0.29) is 5.91 Å². The highest BCUT2D eigenvalue weighted by Crippen LogP contribution is 2.32. The minimum absolute atomic E-state index is 0.349. The van der Waals surface area contributed by atoms with E-state index in [1.54, 1.807) is 49.2 Å². The average Bonchev–Trinajstić information content (AvgIpc) is 3.06. The average molecular weight is 599 g/mol. The molecule has 5 nitrogen and oxygen atoms in total. The van der Waals surface area contributed by atoms with Crippen molar-refractivity contribution in [2.75, 3.05) is 5.32 Å². The third-order valence-electron chi connectivity index (χ3n) is 7.20. The fourth-order valence-corrected chi connectivity index (χ4v) is 4.95. The molecule has 0 saturated carbocycles. The molecule has 220 valence electrons. The summed E-state index contributed by atoms with van der Waals surface area (Å²) in [6, 6.07) is 27.6. The summed E-state index contributed by atoms with van der Waals surface area (Å²) in [6.07, 6.45) is 8.88. The first-order valence-electron chi connectivity index (χ1n) is 14.0. The highest BCUT2D eigenvalue weighted by Gasteiger charge is 2.30. The number of amides is 1. The van der Waals surface area contributed by atoms with Crippen molar-refractivity contribution in [3.8, 4) is 0 Å². The van der Waals surface area contributed by atoms with Gasteiger partial charge in [0.1, 0.15) is 0 Å². The molecule has 0 saturated heterocycles. The van der Waals surface area contributed by atoms with Gasteiger partial charge in [0.25, 0.3) is 0 Å².